The van der Waals surface area contributed by atoms with Gasteiger partial charge in [-0.25, -0.2) is 13.1 Å². The van der Waals surface area contributed by atoms with Crippen molar-refractivity contribution in [1.82, 2.24) is 9.62 Å². The zero-order valence-electron chi connectivity index (χ0n) is 17.3. The highest BCUT2D eigenvalue weighted by molar-refractivity contribution is 7.89. The summed E-state index contributed by atoms with van der Waals surface area (Å²) in [4.78, 5) is 13.7. The van der Waals surface area contributed by atoms with Crippen molar-refractivity contribution in [2.75, 3.05) is 33.3 Å². The third kappa shape index (κ3) is 5.68. The number of primary amides is 1. The van der Waals surface area contributed by atoms with Crippen molar-refractivity contribution in [2.45, 2.75) is 50.8 Å². The molecule has 1 fully saturated rings. The van der Waals surface area contributed by atoms with Gasteiger partial charge in [-0.1, -0.05) is 13.8 Å². The van der Waals surface area contributed by atoms with Gasteiger partial charge in [0.15, 0.2) is 0 Å². The number of aryl methyl sites for hydroxylation is 1. The van der Waals surface area contributed by atoms with Crippen LogP contribution in [0.5, 0.6) is 5.75 Å². The number of benzene rings is 1. The number of amides is 1. The van der Waals surface area contributed by atoms with Crippen LogP contribution in [-0.2, 0) is 14.8 Å². The molecule has 2 rings (SSSR count). The minimum atomic E-state index is -3.67. The van der Waals surface area contributed by atoms with E-state index in [1.807, 2.05) is 20.8 Å². The highest BCUT2D eigenvalue weighted by Gasteiger charge is 2.24. The Morgan fingerprint density at radius 1 is 1.39 bits per heavy atom. The number of piperidine rings is 1. The van der Waals surface area contributed by atoms with Crippen molar-refractivity contribution >= 4 is 15.9 Å². The molecule has 0 unspecified atom stereocenters. The summed E-state index contributed by atoms with van der Waals surface area (Å²) in [7, 11) is -2.19. The van der Waals surface area contributed by atoms with E-state index in [1.165, 1.54) is 7.11 Å². The summed E-state index contributed by atoms with van der Waals surface area (Å²) < 4.78 is 33.6. The van der Waals surface area contributed by atoms with Gasteiger partial charge in [-0.2, -0.15) is 0 Å². The van der Waals surface area contributed by atoms with E-state index >= 15 is 0 Å². The summed E-state index contributed by atoms with van der Waals surface area (Å²) in [5, 5.41) is 0. The number of likely N-dealkylation sites (tertiary alicyclic amines) is 1. The molecule has 1 atom stereocenters. The number of sulfonamides is 1. The average Bonchev–Trinajstić information content (AvgIpc) is 2.64. The van der Waals surface area contributed by atoms with Gasteiger partial charge in [0.05, 0.1) is 13.0 Å². The molecule has 0 aliphatic carbocycles. The summed E-state index contributed by atoms with van der Waals surface area (Å²) in [5.41, 5.74) is 7.41. The molecule has 1 aliphatic heterocycles. The van der Waals surface area contributed by atoms with Gasteiger partial charge in [0.25, 0.3) is 0 Å². The molecule has 0 radical (unpaired) electrons. The smallest absolute Gasteiger partial charge is 0.244 e. The predicted molar refractivity (Wildman–Crippen MR) is 110 cm³/mol. The summed E-state index contributed by atoms with van der Waals surface area (Å²) in [6, 6.07) is 3.49. The molecular formula is C20H33N3O4S. The van der Waals surface area contributed by atoms with Gasteiger partial charge >= 0.3 is 0 Å². The van der Waals surface area contributed by atoms with Crippen LogP contribution < -0.4 is 15.2 Å². The Kier molecular flexibility index (Phi) is 7.86. The topological polar surface area (TPSA) is 102 Å². The Hall–Kier alpha value is -1.64. The fourth-order valence-corrected chi connectivity index (χ4v) is 5.00. The molecule has 158 valence electrons. The fraction of sp³-hybridized carbons (Fsp3) is 0.650. The second-order valence-electron chi connectivity index (χ2n) is 7.81. The number of ether oxygens (including phenoxy) is 1. The van der Waals surface area contributed by atoms with Crippen LogP contribution in [0.2, 0.25) is 0 Å². The van der Waals surface area contributed by atoms with Gasteiger partial charge in [-0.3, -0.25) is 4.79 Å². The lowest BCUT2D eigenvalue weighted by Crippen LogP contribution is -2.42. The van der Waals surface area contributed by atoms with Gasteiger partial charge in [-0.15, -0.1) is 0 Å². The molecule has 7 nitrogen and oxygen atoms in total. The van der Waals surface area contributed by atoms with Crippen LogP contribution in [0.3, 0.4) is 0 Å². The maximum atomic E-state index is 12.8. The number of carbonyl (C=O) groups excluding carboxylic acids is 1. The summed E-state index contributed by atoms with van der Waals surface area (Å²) in [6.45, 7) is 8.67. The number of rotatable bonds is 9. The molecular weight excluding hydrogens is 378 g/mol. The third-order valence-corrected chi connectivity index (χ3v) is 6.80. The van der Waals surface area contributed by atoms with E-state index in [4.69, 9.17) is 10.5 Å². The molecule has 8 heteroatoms. The first-order valence-electron chi connectivity index (χ1n) is 9.85. The molecule has 1 amide bonds. The fourth-order valence-electron chi connectivity index (χ4n) is 3.75. The van der Waals surface area contributed by atoms with Crippen LogP contribution in [0.25, 0.3) is 0 Å². The number of carbonyl (C=O) groups is 1. The average molecular weight is 412 g/mol. The SMILES string of the molecule is COc1cc(C)c(C(C)C)cc1S(=O)(=O)NCCCN1CCC[C@H](C(N)=O)C1. The van der Waals surface area contributed by atoms with Crippen LogP contribution in [0, 0.1) is 12.8 Å². The van der Waals surface area contributed by atoms with Crippen molar-refractivity contribution in [3.05, 3.63) is 23.3 Å². The summed E-state index contributed by atoms with van der Waals surface area (Å²) >= 11 is 0. The van der Waals surface area contributed by atoms with Crippen LogP contribution in [-0.4, -0.2) is 52.5 Å². The van der Waals surface area contributed by atoms with Crippen LogP contribution in [0.15, 0.2) is 17.0 Å². The first-order chi connectivity index (χ1) is 13.2. The van der Waals surface area contributed by atoms with Crippen LogP contribution in [0.1, 0.15) is 50.2 Å². The Labute approximate surface area is 168 Å². The number of methoxy groups -OCH3 is 1. The molecule has 1 saturated heterocycles. The van der Waals surface area contributed by atoms with Crippen LogP contribution in [0.4, 0.5) is 0 Å². The van der Waals surface area contributed by atoms with E-state index in [-0.39, 0.29) is 22.6 Å². The lowest BCUT2D eigenvalue weighted by atomic mass is 9.97. The molecule has 28 heavy (non-hydrogen) atoms. The van der Waals surface area contributed by atoms with Gasteiger partial charge in [-0.05, 0) is 68.5 Å². The Morgan fingerprint density at radius 3 is 2.71 bits per heavy atom. The maximum absolute atomic E-state index is 12.8. The molecule has 3 N–H and O–H groups in total. The first kappa shape index (κ1) is 22.6. The molecule has 0 spiro atoms. The van der Waals surface area contributed by atoms with Crippen molar-refractivity contribution in [3.8, 4) is 5.75 Å². The molecule has 1 heterocycles. The van der Waals surface area contributed by atoms with Gasteiger partial charge < -0.3 is 15.4 Å². The Morgan fingerprint density at radius 2 is 2.11 bits per heavy atom. The lowest BCUT2D eigenvalue weighted by molar-refractivity contribution is -0.123. The number of hydrogen-bond acceptors (Lipinski definition) is 5. The highest BCUT2D eigenvalue weighted by atomic mass is 32.2. The van der Waals surface area contributed by atoms with E-state index in [0.717, 1.165) is 37.1 Å². The molecule has 0 saturated carbocycles. The van der Waals surface area contributed by atoms with E-state index in [1.54, 1.807) is 12.1 Å². The first-order valence-corrected chi connectivity index (χ1v) is 11.3. The minimum absolute atomic E-state index is 0.100. The highest BCUT2D eigenvalue weighted by Crippen LogP contribution is 2.31. The quantitative estimate of drug-likeness (QED) is 0.605. The molecule has 1 aromatic carbocycles. The zero-order chi connectivity index (χ0) is 20.9. The van der Waals surface area contributed by atoms with Gasteiger partial charge in [0.1, 0.15) is 10.6 Å². The second kappa shape index (κ2) is 9.71. The molecule has 0 aromatic heterocycles. The lowest BCUT2D eigenvalue weighted by Gasteiger charge is -2.31. The van der Waals surface area contributed by atoms with Gasteiger partial charge in [0, 0.05) is 13.1 Å². The van der Waals surface area contributed by atoms with Crippen molar-refractivity contribution in [2.24, 2.45) is 11.7 Å². The normalized spacial score (nSPS) is 18.4. The summed E-state index contributed by atoms with van der Waals surface area (Å²) in [6.07, 6.45) is 2.44. The summed E-state index contributed by atoms with van der Waals surface area (Å²) in [5.74, 6) is 0.224. The minimum Gasteiger partial charge on any atom is -0.495 e. The van der Waals surface area contributed by atoms with E-state index < -0.39 is 10.0 Å². The number of nitrogens with zero attached hydrogens (tertiary/aromatic N) is 1. The monoisotopic (exact) mass is 411 g/mol. The number of nitrogens with two attached hydrogens (primary N) is 1. The second-order valence-corrected chi connectivity index (χ2v) is 9.54. The Bertz CT molecular complexity index is 793. The van der Waals surface area contributed by atoms with Crippen molar-refractivity contribution < 1.29 is 17.9 Å². The maximum Gasteiger partial charge on any atom is 0.244 e. The van der Waals surface area contributed by atoms with Crippen molar-refractivity contribution in [1.29, 1.82) is 0 Å². The van der Waals surface area contributed by atoms with Crippen LogP contribution >= 0.6 is 0 Å². The van der Waals surface area contributed by atoms with E-state index in [2.05, 4.69) is 9.62 Å². The number of hydrogen-bond donors (Lipinski definition) is 2. The third-order valence-electron chi connectivity index (χ3n) is 5.31. The standard InChI is InChI=1S/C20H33N3O4S/c1-14(2)17-12-19(18(27-4)11-15(17)3)28(25,26)22-8-6-10-23-9-5-7-16(13-23)20(21)24/h11-12,14,16,22H,5-10,13H2,1-4H3,(H2,21,24)/t16-/m0/s1. The predicted octanol–water partition coefficient (Wildman–Crippen LogP) is 1.99. The molecule has 0 bridgehead atoms. The Balaban J connectivity index is 1.98. The van der Waals surface area contributed by atoms with Crippen molar-refractivity contribution in [3.63, 3.8) is 0 Å². The zero-order valence-corrected chi connectivity index (χ0v) is 18.1. The molecule has 1 aliphatic rings. The van der Waals surface area contributed by atoms with Gasteiger partial charge in [0.2, 0.25) is 15.9 Å². The van der Waals surface area contributed by atoms with E-state index in [0.29, 0.717) is 25.3 Å². The molecule has 1 aromatic rings. The number of nitrogens with one attached hydrogen (secondary N) is 1. The van der Waals surface area contributed by atoms with E-state index in [9.17, 15) is 13.2 Å². The largest absolute Gasteiger partial charge is 0.495 e.